The molecule has 2 aliphatic heterocycles. The highest BCUT2D eigenvalue weighted by Gasteiger charge is 2.52. The Balaban J connectivity index is 1.11. The highest BCUT2D eigenvalue weighted by Crippen LogP contribution is 2.46. The molecule has 2 amide bonds. The SMILES string of the molecule is C[C@H](/C=C/CCn1cc(C(CO)c2ccccc2)nn1)[C@@]1(O)C(=O)N(Cc2ccc(NC(=O)[C@H]3CCCN3)cc2)c2ccc(Cl)cc21. The summed E-state index contributed by atoms with van der Waals surface area (Å²) < 4.78 is 1.73. The van der Waals surface area contributed by atoms with Crippen LogP contribution in [-0.4, -0.2) is 56.2 Å². The Hall–Kier alpha value is -4.35. The number of hydrogen-bond donors (Lipinski definition) is 4. The molecule has 4 atom stereocenters. The Morgan fingerprint density at radius 1 is 1.17 bits per heavy atom. The molecule has 1 fully saturated rings. The third kappa shape index (κ3) is 6.87. The summed E-state index contributed by atoms with van der Waals surface area (Å²) in [5, 5.41) is 37.1. The number of benzene rings is 3. The molecule has 1 saturated heterocycles. The summed E-state index contributed by atoms with van der Waals surface area (Å²) in [6.45, 7) is 3.38. The molecule has 2 aliphatic rings. The predicted molar refractivity (Wildman–Crippen MR) is 181 cm³/mol. The number of aliphatic hydroxyl groups excluding tert-OH is 1. The second kappa shape index (κ2) is 14.2. The number of nitrogens with zero attached hydrogens (tertiary/aromatic N) is 4. The number of anilines is 2. The van der Waals surface area contributed by atoms with Crippen molar-refractivity contribution in [2.75, 3.05) is 23.4 Å². The van der Waals surface area contributed by atoms with Gasteiger partial charge >= 0.3 is 0 Å². The van der Waals surface area contributed by atoms with Gasteiger partial charge in [0.15, 0.2) is 5.60 Å². The van der Waals surface area contributed by atoms with Crippen molar-refractivity contribution >= 4 is 34.8 Å². The number of aromatic nitrogens is 3. The number of carbonyl (C=O) groups excluding carboxylic acids is 2. The highest BCUT2D eigenvalue weighted by atomic mass is 35.5. The summed E-state index contributed by atoms with van der Waals surface area (Å²) in [6, 6.07) is 22.1. The summed E-state index contributed by atoms with van der Waals surface area (Å²) in [5.41, 5.74) is 2.48. The minimum absolute atomic E-state index is 0.0488. The van der Waals surface area contributed by atoms with Gasteiger partial charge in [-0.05, 0) is 67.3 Å². The summed E-state index contributed by atoms with van der Waals surface area (Å²) >= 11 is 6.36. The van der Waals surface area contributed by atoms with E-state index in [0.29, 0.717) is 40.6 Å². The Morgan fingerprint density at radius 2 is 1.96 bits per heavy atom. The Labute approximate surface area is 279 Å². The van der Waals surface area contributed by atoms with Crippen molar-refractivity contribution in [1.82, 2.24) is 20.3 Å². The molecular weight excluding hydrogens is 616 g/mol. The van der Waals surface area contributed by atoms with Gasteiger partial charge in [-0.3, -0.25) is 14.3 Å². The fourth-order valence-electron chi connectivity index (χ4n) is 6.37. The van der Waals surface area contributed by atoms with Crippen LogP contribution in [0.25, 0.3) is 0 Å². The van der Waals surface area contributed by atoms with E-state index in [9.17, 15) is 19.8 Å². The molecule has 0 radical (unpaired) electrons. The Bertz CT molecular complexity index is 1740. The van der Waals surface area contributed by atoms with E-state index in [1.165, 1.54) is 0 Å². The summed E-state index contributed by atoms with van der Waals surface area (Å²) in [7, 11) is 0. The molecule has 4 N–H and O–H groups in total. The molecule has 11 heteroatoms. The number of halogens is 1. The topological polar surface area (TPSA) is 133 Å². The molecule has 4 aromatic rings. The van der Waals surface area contributed by atoms with Crippen LogP contribution < -0.4 is 15.5 Å². The maximum absolute atomic E-state index is 14.0. The van der Waals surface area contributed by atoms with E-state index in [2.05, 4.69) is 20.9 Å². The molecule has 47 heavy (non-hydrogen) atoms. The third-order valence-corrected chi connectivity index (χ3v) is 9.31. The van der Waals surface area contributed by atoms with Gasteiger partial charge in [0.05, 0.1) is 36.5 Å². The van der Waals surface area contributed by atoms with Gasteiger partial charge in [-0.25, -0.2) is 0 Å². The van der Waals surface area contributed by atoms with Crippen LogP contribution in [0.1, 0.15) is 54.5 Å². The number of aliphatic hydroxyl groups is 2. The van der Waals surface area contributed by atoms with Crippen LogP contribution in [0, 0.1) is 5.92 Å². The highest BCUT2D eigenvalue weighted by molar-refractivity contribution is 6.31. The van der Waals surface area contributed by atoms with Crippen molar-refractivity contribution in [2.45, 2.75) is 56.8 Å². The molecule has 3 aromatic carbocycles. The van der Waals surface area contributed by atoms with Gasteiger partial charge < -0.3 is 25.7 Å². The van der Waals surface area contributed by atoms with Crippen LogP contribution in [0.15, 0.2) is 91.1 Å². The molecule has 3 heterocycles. The van der Waals surface area contributed by atoms with Gasteiger partial charge in [0, 0.05) is 34.9 Å². The van der Waals surface area contributed by atoms with Crippen LogP contribution >= 0.6 is 11.6 Å². The number of carbonyl (C=O) groups is 2. The van der Waals surface area contributed by atoms with Gasteiger partial charge in [-0.2, -0.15) is 0 Å². The molecule has 0 bridgehead atoms. The second-order valence-electron chi connectivity index (χ2n) is 12.2. The number of amides is 2. The first-order chi connectivity index (χ1) is 22.8. The third-order valence-electron chi connectivity index (χ3n) is 9.08. The van der Waals surface area contributed by atoms with E-state index in [-0.39, 0.29) is 31.0 Å². The van der Waals surface area contributed by atoms with Crippen LogP contribution in [0.3, 0.4) is 0 Å². The molecule has 1 unspecified atom stereocenters. The first-order valence-electron chi connectivity index (χ1n) is 16.0. The first kappa shape index (κ1) is 32.6. The number of rotatable bonds is 12. The monoisotopic (exact) mass is 654 g/mol. The fraction of sp³-hybridized carbons (Fsp3) is 0.333. The number of fused-ring (bicyclic) bond motifs is 1. The Morgan fingerprint density at radius 3 is 2.68 bits per heavy atom. The van der Waals surface area contributed by atoms with E-state index < -0.39 is 17.4 Å². The number of allylic oxidation sites excluding steroid dienone is 1. The fourth-order valence-corrected chi connectivity index (χ4v) is 6.55. The number of aryl methyl sites for hydroxylation is 1. The number of hydrogen-bond acceptors (Lipinski definition) is 7. The lowest BCUT2D eigenvalue weighted by molar-refractivity contribution is -0.139. The maximum atomic E-state index is 14.0. The van der Waals surface area contributed by atoms with Crippen molar-refractivity contribution in [3.63, 3.8) is 0 Å². The normalized spacial score (nSPS) is 20.5. The van der Waals surface area contributed by atoms with Crippen molar-refractivity contribution in [3.05, 3.63) is 119 Å². The van der Waals surface area contributed by atoms with Crippen LogP contribution in [-0.2, 0) is 28.3 Å². The molecule has 10 nitrogen and oxygen atoms in total. The smallest absolute Gasteiger partial charge is 0.264 e. The Kier molecular flexibility index (Phi) is 9.84. The van der Waals surface area contributed by atoms with Crippen molar-refractivity contribution < 1.29 is 19.8 Å². The average molecular weight is 655 g/mol. The molecule has 244 valence electrons. The van der Waals surface area contributed by atoms with Crippen LogP contribution in [0.4, 0.5) is 11.4 Å². The van der Waals surface area contributed by atoms with Crippen LogP contribution in [0.2, 0.25) is 5.02 Å². The minimum atomic E-state index is -1.80. The van der Waals surface area contributed by atoms with E-state index in [1.807, 2.05) is 79.9 Å². The quantitative estimate of drug-likeness (QED) is 0.162. The lowest BCUT2D eigenvalue weighted by atomic mass is 9.83. The van der Waals surface area contributed by atoms with E-state index in [4.69, 9.17) is 11.6 Å². The van der Waals surface area contributed by atoms with Gasteiger partial charge in [-0.15, -0.1) is 5.10 Å². The van der Waals surface area contributed by atoms with Crippen molar-refractivity contribution in [3.8, 4) is 0 Å². The van der Waals surface area contributed by atoms with E-state index in [0.717, 1.165) is 30.5 Å². The molecule has 0 aliphatic carbocycles. The first-order valence-corrected chi connectivity index (χ1v) is 16.4. The van der Waals surface area contributed by atoms with Crippen molar-refractivity contribution in [2.24, 2.45) is 5.92 Å². The zero-order valence-corrected chi connectivity index (χ0v) is 27.0. The molecule has 0 spiro atoms. The summed E-state index contributed by atoms with van der Waals surface area (Å²) in [5.74, 6) is -1.28. The largest absolute Gasteiger partial charge is 0.395 e. The molecule has 0 saturated carbocycles. The second-order valence-corrected chi connectivity index (χ2v) is 12.6. The zero-order valence-electron chi connectivity index (χ0n) is 26.2. The standard InChI is InChI=1S/C36H39ClN6O4/c1-24(8-5-6-19-42-22-32(40-41-42)29(23-44)26-9-3-2-4-10-26)36(47)30-20-27(37)14-17-33(30)43(35(36)46)21-25-12-15-28(16-13-25)39-34(45)31-11-7-18-38-31/h2-5,8-10,12-17,20,22,24,29,31,38,44,47H,6-7,11,18-19,21,23H2,1H3,(H,39,45)/b8-5+/t24-,29?,31-,36+/m1/s1. The molecule has 6 rings (SSSR count). The summed E-state index contributed by atoms with van der Waals surface area (Å²) in [4.78, 5) is 28.0. The van der Waals surface area contributed by atoms with Gasteiger partial charge in [0.1, 0.15) is 0 Å². The van der Waals surface area contributed by atoms with E-state index in [1.54, 1.807) is 27.8 Å². The zero-order chi connectivity index (χ0) is 33.0. The van der Waals surface area contributed by atoms with Gasteiger partial charge in [0.2, 0.25) is 5.91 Å². The lowest BCUT2D eigenvalue weighted by Gasteiger charge is -2.27. The average Bonchev–Trinajstić information content (AvgIpc) is 3.83. The summed E-state index contributed by atoms with van der Waals surface area (Å²) in [6.07, 6.45) is 8.02. The van der Waals surface area contributed by atoms with E-state index >= 15 is 0 Å². The van der Waals surface area contributed by atoms with Crippen LogP contribution in [0.5, 0.6) is 0 Å². The minimum Gasteiger partial charge on any atom is -0.395 e. The van der Waals surface area contributed by atoms with Gasteiger partial charge in [0.25, 0.3) is 5.91 Å². The molecule has 1 aromatic heterocycles. The molecular formula is C36H39ClN6O4. The lowest BCUT2D eigenvalue weighted by Crippen LogP contribution is -2.44. The number of nitrogens with one attached hydrogen (secondary N) is 2. The van der Waals surface area contributed by atoms with Crippen molar-refractivity contribution in [1.29, 1.82) is 0 Å². The maximum Gasteiger partial charge on any atom is 0.264 e. The van der Waals surface area contributed by atoms with Gasteiger partial charge in [-0.1, -0.05) is 78.4 Å². The predicted octanol–water partition coefficient (Wildman–Crippen LogP) is 4.76.